The molecule has 0 radical (unpaired) electrons. The van der Waals surface area contributed by atoms with Crippen molar-refractivity contribution in [1.82, 2.24) is 10.0 Å². The molecule has 26 heavy (non-hydrogen) atoms. The first-order chi connectivity index (χ1) is 12.4. The zero-order chi connectivity index (χ0) is 19.2. The second kappa shape index (κ2) is 8.88. The Kier molecular flexibility index (Phi) is 6.84. The molecular formula is C17H19ClN2O5S. The van der Waals surface area contributed by atoms with Crippen LogP contribution in [0.5, 0.6) is 11.5 Å². The van der Waals surface area contributed by atoms with Gasteiger partial charge in [0.15, 0.2) is 0 Å². The lowest BCUT2D eigenvalue weighted by molar-refractivity contribution is -0.120. The van der Waals surface area contributed by atoms with E-state index in [1.165, 1.54) is 25.3 Å². The van der Waals surface area contributed by atoms with Crippen molar-refractivity contribution in [2.75, 3.05) is 20.8 Å². The zero-order valence-corrected chi connectivity index (χ0v) is 15.9. The first-order valence-corrected chi connectivity index (χ1v) is 9.44. The van der Waals surface area contributed by atoms with Crippen LogP contribution in [0.2, 0.25) is 5.02 Å². The molecule has 0 unspecified atom stereocenters. The number of methoxy groups -OCH3 is 2. The molecule has 2 rings (SSSR count). The highest BCUT2D eigenvalue weighted by Gasteiger charge is 2.17. The average Bonchev–Trinajstić information content (AvgIpc) is 2.65. The largest absolute Gasteiger partial charge is 0.497 e. The number of carbonyl (C=O) groups is 1. The minimum absolute atomic E-state index is 0.0498. The normalized spacial score (nSPS) is 11.0. The van der Waals surface area contributed by atoms with E-state index in [4.69, 9.17) is 21.1 Å². The Morgan fingerprint density at radius 1 is 1.08 bits per heavy atom. The molecule has 0 atom stereocenters. The van der Waals surface area contributed by atoms with Gasteiger partial charge in [-0.15, -0.1) is 0 Å². The van der Waals surface area contributed by atoms with Gasteiger partial charge in [-0.2, -0.15) is 0 Å². The van der Waals surface area contributed by atoms with Gasteiger partial charge in [-0.25, -0.2) is 13.1 Å². The zero-order valence-electron chi connectivity index (χ0n) is 14.3. The first-order valence-electron chi connectivity index (χ1n) is 7.58. The fourth-order valence-corrected chi connectivity index (χ4v) is 3.40. The predicted molar refractivity (Wildman–Crippen MR) is 98.0 cm³/mol. The second-order valence-corrected chi connectivity index (χ2v) is 7.42. The molecule has 0 aliphatic rings. The summed E-state index contributed by atoms with van der Waals surface area (Å²) >= 11 is 5.93. The Morgan fingerprint density at radius 3 is 2.35 bits per heavy atom. The third-order valence-electron chi connectivity index (χ3n) is 3.51. The van der Waals surface area contributed by atoms with Gasteiger partial charge >= 0.3 is 0 Å². The lowest BCUT2D eigenvalue weighted by Crippen LogP contribution is -2.36. The number of ether oxygens (including phenoxy) is 2. The summed E-state index contributed by atoms with van der Waals surface area (Å²) in [5, 5.41) is 2.80. The van der Waals surface area contributed by atoms with E-state index in [0.29, 0.717) is 11.5 Å². The third kappa shape index (κ3) is 5.35. The average molecular weight is 399 g/mol. The molecule has 1 amide bonds. The maximum atomic E-state index is 12.2. The number of nitrogens with one attached hydrogen (secondary N) is 2. The van der Waals surface area contributed by atoms with Crippen LogP contribution in [0.3, 0.4) is 0 Å². The van der Waals surface area contributed by atoms with E-state index >= 15 is 0 Å². The molecule has 7 nitrogen and oxygen atoms in total. The number of halogens is 1. The number of hydrogen-bond acceptors (Lipinski definition) is 5. The molecule has 0 bridgehead atoms. The fourth-order valence-electron chi connectivity index (χ4n) is 2.06. The predicted octanol–water partition coefficient (Wildman–Crippen LogP) is 1.95. The summed E-state index contributed by atoms with van der Waals surface area (Å²) < 4.78 is 36.7. The van der Waals surface area contributed by atoms with Crippen molar-refractivity contribution < 1.29 is 22.7 Å². The molecule has 0 saturated heterocycles. The van der Waals surface area contributed by atoms with Crippen LogP contribution < -0.4 is 19.5 Å². The smallest absolute Gasteiger partial charge is 0.241 e. The molecule has 2 N–H and O–H groups in total. The number of amides is 1. The summed E-state index contributed by atoms with van der Waals surface area (Å²) in [6.45, 7) is -0.110. The van der Waals surface area contributed by atoms with Gasteiger partial charge in [0.05, 0.1) is 30.7 Å². The number of rotatable bonds is 8. The second-order valence-electron chi connectivity index (χ2n) is 5.25. The van der Waals surface area contributed by atoms with E-state index in [-0.39, 0.29) is 23.0 Å². The third-order valence-corrected chi connectivity index (χ3v) is 5.20. The number of carbonyl (C=O) groups excluding carboxylic acids is 1. The molecule has 2 aromatic carbocycles. The lowest BCUT2D eigenvalue weighted by Gasteiger charge is -2.10. The van der Waals surface area contributed by atoms with Gasteiger partial charge in [-0.1, -0.05) is 23.7 Å². The topological polar surface area (TPSA) is 93.7 Å². The number of sulfonamides is 1. The lowest BCUT2D eigenvalue weighted by atomic mass is 10.2. The molecule has 140 valence electrons. The van der Waals surface area contributed by atoms with E-state index in [1.807, 2.05) is 12.1 Å². The van der Waals surface area contributed by atoms with Crippen molar-refractivity contribution in [1.29, 1.82) is 0 Å². The Balaban J connectivity index is 1.89. The van der Waals surface area contributed by atoms with Crippen LogP contribution in [-0.2, 0) is 21.4 Å². The Hall–Kier alpha value is -2.29. The molecule has 0 heterocycles. The van der Waals surface area contributed by atoms with Gasteiger partial charge in [0.1, 0.15) is 11.5 Å². The monoisotopic (exact) mass is 398 g/mol. The summed E-state index contributed by atoms with van der Waals surface area (Å²) in [5.41, 5.74) is 0.865. The number of benzene rings is 2. The van der Waals surface area contributed by atoms with Gasteiger partial charge in [0, 0.05) is 6.54 Å². The van der Waals surface area contributed by atoms with Gasteiger partial charge in [-0.05, 0) is 35.9 Å². The van der Waals surface area contributed by atoms with Gasteiger partial charge in [0.25, 0.3) is 0 Å². The SMILES string of the molecule is COc1ccc(CNC(=O)CNS(=O)(=O)c2ccc(OC)c(Cl)c2)cc1. The van der Waals surface area contributed by atoms with Crippen molar-refractivity contribution in [2.24, 2.45) is 0 Å². The highest BCUT2D eigenvalue weighted by atomic mass is 35.5. The maximum Gasteiger partial charge on any atom is 0.241 e. The van der Waals surface area contributed by atoms with Crippen molar-refractivity contribution in [3.8, 4) is 11.5 Å². The minimum atomic E-state index is -3.86. The van der Waals surface area contributed by atoms with Crippen LogP contribution in [0.25, 0.3) is 0 Å². The summed E-state index contributed by atoms with van der Waals surface area (Å²) in [4.78, 5) is 11.8. The maximum absolute atomic E-state index is 12.2. The van der Waals surface area contributed by atoms with Crippen LogP contribution in [0.4, 0.5) is 0 Å². The summed E-state index contributed by atoms with van der Waals surface area (Å²) in [6.07, 6.45) is 0. The van der Waals surface area contributed by atoms with E-state index < -0.39 is 15.9 Å². The van der Waals surface area contributed by atoms with Crippen molar-refractivity contribution in [3.05, 3.63) is 53.1 Å². The Labute approximate surface area is 157 Å². The highest BCUT2D eigenvalue weighted by molar-refractivity contribution is 7.89. The van der Waals surface area contributed by atoms with Gasteiger partial charge < -0.3 is 14.8 Å². The minimum Gasteiger partial charge on any atom is -0.497 e. The Bertz CT molecular complexity index is 869. The van der Waals surface area contributed by atoms with E-state index in [1.54, 1.807) is 19.2 Å². The van der Waals surface area contributed by atoms with E-state index in [9.17, 15) is 13.2 Å². The quantitative estimate of drug-likeness (QED) is 0.708. The molecule has 0 spiro atoms. The molecular weight excluding hydrogens is 380 g/mol. The summed E-state index contributed by atoms with van der Waals surface area (Å²) in [7, 11) is -0.862. The van der Waals surface area contributed by atoms with Gasteiger partial charge in [0.2, 0.25) is 15.9 Å². The van der Waals surface area contributed by atoms with Crippen LogP contribution in [0.15, 0.2) is 47.4 Å². The first kappa shape index (κ1) is 20.0. The van der Waals surface area contributed by atoms with Crippen LogP contribution in [0, 0.1) is 0 Å². The molecule has 0 saturated carbocycles. The summed E-state index contributed by atoms with van der Waals surface area (Å²) in [6, 6.07) is 11.2. The number of hydrogen-bond donors (Lipinski definition) is 2. The molecule has 2 aromatic rings. The van der Waals surface area contributed by atoms with Crippen LogP contribution >= 0.6 is 11.6 Å². The van der Waals surface area contributed by atoms with Crippen LogP contribution in [-0.4, -0.2) is 35.1 Å². The summed E-state index contributed by atoms with van der Waals surface area (Å²) in [5.74, 6) is 0.623. The standard InChI is InChI=1S/C17H19ClN2O5S/c1-24-13-5-3-12(4-6-13)10-19-17(21)11-20-26(22,23)14-7-8-16(25-2)15(18)9-14/h3-9,20H,10-11H2,1-2H3,(H,19,21). The fraction of sp³-hybridized carbons (Fsp3) is 0.235. The molecule has 0 aliphatic carbocycles. The molecule has 0 fully saturated rings. The molecule has 0 aromatic heterocycles. The van der Waals surface area contributed by atoms with Crippen molar-refractivity contribution >= 4 is 27.5 Å². The molecule has 9 heteroatoms. The molecule has 0 aliphatic heterocycles. The van der Waals surface area contributed by atoms with Crippen molar-refractivity contribution in [3.63, 3.8) is 0 Å². The van der Waals surface area contributed by atoms with E-state index in [2.05, 4.69) is 10.0 Å². The van der Waals surface area contributed by atoms with E-state index in [0.717, 1.165) is 5.56 Å². The Morgan fingerprint density at radius 2 is 1.77 bits per heavy atom. The van der Waals surface area contributed by atoms with Crippen molar-refractivity contribution in [2.45, 2.75) is 11.4 Å². The van der Waals surface area contributed by atoms with Gasteiger partial charge in [-0.3, -0.25) is 4.79 Å². The highest BCUT2D eigenvalue weighted by Crippen LogP contribution is 2.26. The van der Waals surface area contributed by atoms with Crippen LogP contribution in [0.1, 0.15) is 5.56 Å².